The predicted molar refractivity (Wildman–Crippen MR) is 122 cm³/mol. The van der Waals surface area contributed by atoms with Gasteiger partial charge in [0, 0.05) is 21.4 Å². The number of anilines is 1. The zero-order valence-electron chi connectivity index (χ0n) is 18.0. The van der Waals surface area contributed by atoms with Crippen LogP contribution in [0.3, 0.4) is 0 Å². The molecule has 166 valence electrons. The van der Waals surface area contributed by atoms with Crippen molar-refractivity contribution in [3.63, 3.8) is 0 Å². The van der Waals surface area contributed by atoms with Crippen molar-refractivity contribution in [3.05, 3.63) is 42.0 Å². The maximum Gasteiger partial charge on any atom is 0.251 e. The number of hydrogen-bond donors (Lipinski definition) is 2. The summed E-state index contributed by atoms with van der Waals surface area (Å²) < 4.78 is 15.8. The summed E-state index contributed by atoms with van der Waals surface area (Å²) in [6.45, 7) is -0.159. The van der Waals surface area contributed by atoms with Crippen LogP contribution in [0, 0.1) is 0 Å². The van der Waals surface area contributed by atoms with Gasteiger partial charge in [0.05, 0.1) is 27.9 Å². The highest BCUT2D eigenvalue weighted by molar-refractivity contribution is 8.00. The second kappa shape index (κ2) is 10.9. The summed E-state index contributed by atoms with van der Waals surface area (Å²) in [5.41, 5.74) is 0.999. The molecular formula is C23H28N2O5S. The Kier molecular flexibility index (Phi) is 8.06. The zero-order chi connectivity index (χ0) is 22.2. The molecule has 1 saturated carbocycles. The second-order valence-electron chi connectivity index (χ2n) is 7.19. The van der Waals surface area contributed by atoms with Gasteiger partial charge in [0.2, 0.25) is 11.7 Å². The molecule has 2 N–H and O–H groups in total. The molecule has 1 fully saturated rings. The Balaban J connectivity index is 1.53. The molecule has 3 rings (SSSR count). The van der Waals surface area contributed by atoms with Gasteiger partial charge >= 0.3 is 0 Å². The molecule has 0 unspecified atom stereocenters. The molecule has 0 bridgehead atoms. The van der Waals surface area contributed by atoms with E-state index in [0.717, 1.165) is 0 Å². The molecule has 8 heteroatoms. The van der Waals surface area contributed by atoms with E-state index in [-0.39, 0.29) is 12.5 Å². The number of ether oxygens (including phenoxy) is 3. The Labute approximate surface area is 186 Å². The first kappa shape index (κ1) is 22.8. The molecule has 0 aromatic heterocycles. The van der Waals surface area contributed by atoms with E-state index < -0.39 is 5.91 Å². The summed E-state index contributed by atoms with van der Waals surface area (Å²) in [5, 5.41) is 6.11. The lowest BCUT2D eigenvalue weighted by Gasteiger charge is -2.14. The first-order valence-corrected chi connectivity index (χ1v) is 11.1. The third-order valence-electron chi connectivity index (χ3n) is 5.08. The van der Waals surface area contributed by atoms with Crippen molar-refractivity contribution < 1.29 is 23.8 Å². The molecule has 1 aliphatic rings. The quantitative estimate of drug-likeness (QED) is 0.605. The van der Waals surface area contributed by atoms with Gasteiger partial charge in [-0.2, -0.15) is 0 Å². The molecule has 31 heavy (non-hydrogen) atoms. The third-order valence-corrected chi connectivity index (χ3v) is 6.43. The molecule has 0 atom stereocenters. The van der Waals surface area contributed by atoms with Gasteiger partial charge in [-0.15, -0.1) is 11.8 Å². The van der Waals surface area contributed by atoms with Crippen LogP contribution in [0.15, 0.2) is 41.3 Å². The number of hydrogen-bond acceptors (Lipinski definition) is 6. The molecule has 2 aromatic carbocycles. The first-order valence-electron chi connectivity index (χ1n) is 10.2. The standard InChI is InChI=1S/C23H28N2O5S/c1-28-19-12-15(13-20(29-2)22(19)30-3)23(27)24-14-21(26)25-16-8-10-18(11-9-16)31-17-6-4-5-7-17/h8-13,17H,4-7,14H2,1-3H3,(H,24,27)(H,25,26). The maximum absolute atomic E-state index is 12.5. The molecule has 0 radical (unpaired) electrons. The van der Waals surface area contributed by atoms with Gasteiger partial charge in [-0.05, 0) is 49.2 Å². The minimum atomic E-state index is -0.419. The van der Waals surface area contributed by atoms with Crippen molar-refractivity contribution in [2.45, 2.75) is 35.8 Å². The van der Waals surface area contributed by atoms with Crippen molar-refractivity contribution in [1.82, 2.24) is 5.32 Å². The van der Waals surface area contributed by atoms with Crippen LogP contribution >= 0.6 is 11.8 Å². The van der Waals surface area contributed by atoms with E-state index in [0.29, 0.717) is 33.7 Å². The molecule has 0 saturated heterocycles. The van der Waals surface area contributed by atoms with E-state index in [2.05, 4.69) is 10.6 Å². The summed E-state index contributed by atoms with van der Waals surface area (Å²) in [6, 6.07) is 10.9. The zero-order valence-corrected chi connectivity index (χ0v) is 18.8. The van der Waals surface area contributed by atoms with E-state index in [1.807, 2.05) is 36.0 Å². The van der Waals surface area contributed by atoms with Gasteiger partial charge in [0.15, 0.2) is 11.5 Å². The minimum absolute atomic E-state index is 0.159. The van der Waals surface area contributed by atoms with E-state index in [4.69, 9.17) is 14.2 Å². The average molecular weight is 445 g/mol. The van der Waals surface area contributed by atoms with Gasteiger partial charge in [-0.3, -0.25) is 9.59 Å². The monoisotopic (exact) mass is 444 g/mol. The van der Waals surface area contributed by atoms with E-state index in [1.54, 1.807) is 0 Å². The molecule has 0 aliphatic heterocycles. The second-order valence-corrected chi connectivity index (χ2v) is 8.57. The van der Waals surface area contributed by atoms with Crippen molar-refractivity contribution >= 4 is 29.3 Å². The SMILES string of the molecule is COc1cc(C(=O)NCC(=O)Nc2ccc(SC3CCCC3)cc2)cc(OC)c1OC. The van der Waals surface area contributed by atoms with E-state index in [1.165, 1.54) is 64.0 Å². The Morgan fingerprint density at radius 1 is 0.968 bits per heavy atom. The highest BCUT2D eigenvalue weighted by atomic mass is 32.2. The van der Waals surface area contributed by atoms with Gasteiger partial charge in [-0.1, -0.05) is 12.8 Å². The molecule has 2 amide bonds. The van der Waals surface area contributed by atoms with Crippen LogP contribution in [0.25, 0.3) is 0 Å². The van der Waals surface area contributed by atoms with Crippen LogP contribution in [0.1, 0.15) is 36.0 Å². The minimum Gasteiger partial charge on any atom is -0.493 e. The van der Waals surface area contributed by atoms with Crippen LogP contribution in [0.2, 0.25) is 0 Å². The van der Waals surface area contributed by atoms with Crippen molar-refractivity contribution in [3.8, 4) is 17.2 Å². The van der Waals surface area contributed by atoms with Crippen molar-refractivity contribution in [1.29, 1.82) is 0 Å². The highest BCUT2D eigenvalue weighted by Gasteiger charge is 2.18. The molecule has 0 heterocycles. The number of amides is 2. The average Bonchev–Trinajstić information content (AvgIpc) is 3.30. The number of methoxy groups -OCH3 is 3. The number of carbonyl (C=O) groups excluding carboxylic acids is 2. The maximum atomic E-state index is 12.5. The first-order chi connectivity index (χ1) is 15.0. The molecule has 7 nitrogen and oxygen atoms in total. The van der Waals surface area contributed by atoms with E-state index in [9.17, 15) is 9.59 Å². The fourth-order valence-corrected chi connectivity index (χ4v) is 4.74. The summed E-state index contributed by atoms with van der Waals surface area (Å²) in [4.78, 5) is 26.0. The normalized spacial score (nSPS) is 13.5. The van der Waals surface area contributed by atoms with Gasteiger partial charge in [-0.25, -0.2) is 0 Å². The lowest BCUT2D eigenvalue weighted by atomic mass is 10.1. The smallest absolute Gasteiger partial charge is 0.251 e. The summed E-state index contributed by atoms with van der Waals surface area (Å²) in [5.74, 6) is 0.405. The van der Waals surface area contributed by atoms with Crippen LogP contribution in [-0.2, 0) is 4.79 Å². The molecule has 2 aromatic rings. The van der Waals surface area contributed by atoms with Crippen molar-refractivity contribution in [2.24, 2.45) is 0 Å². The summed E-state index contributed by atoms with van der Waals surface area (Å²) in [6.07, 6.45) is 5.17. The summed E-state index contributed by atoms with van der Waals surface area (Å²) >= 11 is 1.90. The Morgan fingerprint density at radius 3 is 2.13 bits per heavy atom. The third kappa shape index (κ3) is 6.07. The number of thioether (sulfide) groups is 1. The van der Waals surface area contributed by atoms with E-state index >= 15 is 0 Å². The molecular weight excluding hydrogens is 416 g/mol. The summed E-state index contributed by atoms with van der Waals surface area (Å²) in [7, 11) is 4.44. The highest BCUT2D eigenvalue weighted by Crippen LogP contribution is 2.38. The van der Waals surface area contributed by atoms with Crippen LogP contribution in [0.5, 0.6) is 17.2 Å². The predicted octanol–water partition coefficient (Wildman–Crippen LogP) is 4.12. The van der Waals surface area contributed by atoms with Gasteiger partial charge in [0.1, 0.15) is 0 Å². The van der Waals surface area contributed by atoms with Crippen LogP contribution < -0.4 is 24.8 Å². The molecule has 0 spiro atoms. The van der Waals surface area contributed by atoms with Crippen molar-refractivity contribution in [2.75, 3.05) is 33.2 Å². The Bertz CT molecular complexity index is 886. The fraction of sp³-hybridized carbons (Fsp3) is 0.391. The van der Waals surface area contributed by atoms with Gasteiger partial charge < -0.3 is 24.8 Å². The number of rotatable bonds is 9. The topological polar surface area (TPSA) is 85.9 Å². The lowest BCUT2D eigenvalue weighted by Crippen LogP contribution is -2.32. The fourth-order valence-electron chi connectivity index (χ4n) is 3.50. The number of nitrogens with one attached hydrogen (secondary N) is 2. The Morgan fingerprint density at radius 2 is 1.58 bits per heavy atom. The number of benzene rings is 2. The molecule has 1 aliphatic carbocycles. The lowest BCUT2D eigenvalue weighted by molar-refractivity contribution is -0.115. The van der Waals surface area contributed by atoms with Crippen LogP contribution in [0.4, 0.5) is 5.69 Å². The largest absolute Gasteiger partial charge is 0.493 e. The van der Waals surface area contributed by atoms with Gasteiger partial charge in [0.25, 0.3) is 5.91 Å². The van der Waals surface area contributed by atoms with Crippen LogP contribution in [-0.4, -0.2) is 44.9 Å². The number of carbonyl (C=O) groups is 2. The Hall–Kier alpha value is -2.87.